The molecule has 0 saturated heterocycles. The Morgan fingerprint density at radius 3 is 2.17 bits per heavy atom. The molecule has 0 aromatic heterocycles. The summed E-state index contributed by atoms with van der Waals surface area (Å²) in [6.45, 7) is 7.09. The van der Waals surface area contributed by atoms with Gasteiger partial charge in [-0.05, 0) is 23.6 Å². The maximum atomic E-state index is 12.3. The van der Waals surface area contributed by atoms with Crippen molar-refractivity contribution in [3.63, 3.8) is 0 Å². The molecule has 0 heterocycles. The van der Waals surface area contributed by atoms with Gasteiger partial charge in [-0.1, -0.05) is 32.9 Å². The van der Waals surface area contributed by atoms with Gasteiger partial charge in [-0.25, -0.2) is 8.42 Å². The zero-order valence-electron chi connectivity index (χ0n) is 11.3. The molecule has 1 aromatic rings. The normalized spacial score (nSPS) is 12.3. The van der Waals surface area contributed by atoms with Crippen LogP contribution in [0, 0.1) is 0 Å². The first-order chi connectivity index (χ1) is 8.43. The van der Waals surface area contributed by atoms with Crippen molar-refractivity contribution in [2.75, 3.05) is 19.6 Å². The van der Waals surface area contributed by atoms with Gasteiger partial charge in [0.05, 0.1) is 4.90 Å². The fraction of sp³-hybridized carbons (Fsp3) is 0.538. The lowest BCUT2D eigenvalue weighted by atomic mass is 10.0. The molecule has 0 fully saturated rings. The molecule has 0 amide bonds. The number of nitrogens with two attached hydrogens (primary N) is 1. The minimum absolute atomic E-state index is 0.331. The Bertz CT molecular complexity index is 466. The summed E-state index contributed by atoms with van der Waals surface area (Å²) in [6, 6.07) is 7.08. The van der Waals surface area contributed by atoms with E-state index in [1.165, 1.54) is 4.31 Å². The zero-order valence-corrected chi connectivity index (χ0v) is 12.1. The Morgan fingerprint density at radius 2 is 1.78 bits per heavy atom. The molecule has 4 nitrogen and oxygen atoms in total. The molecule has 0 aliphatic rings. The SMILES string of the molecule is CCN(CCN)S(=O)(=O)c1ccc(C(C)C)cc1. The minimum atomic E-state index is -3.40. The Morgan fingerprint density at radius 1 is 1.22 bits per heavy atom. The first-order valence-corrected chi connectivity index (χ1v) is 7.67. The fourth-order valence-electron chi connectivity index (χ4n) is 1.77. The highest BCUT2D eigenvalue weighted by Gasteiger charge is 2.22. The highest BCUT2D eigenvalue weighted by molar-refractivity contribution is 7.89. The molecule has 1 rings (SSSR count). The van der Waals surface area contributed by atoms with Gasteiger partial charge in [-0.15, -0.1) is 0 Å². The first-order valence-electron chi connectivity index (χ1n) is 6.23. The Labute approximate surface area is 110 Å². The second-order valence-electron chi connectivity index (χ2n) is 4.51. The Balaban J connectivity index is 3.04. The molecule has 0 saturated carbocycles. The highest BCUT2D eigenvalue weighted by atomic mass is 32.2. The molecule has 0 radical (unpaired) electrons. The summed E-state index contributed by atoms with van der Waals surface area (Å²) < 4.78 is 26.0. The van der Waals surface area contributed by atoms with Crippen LogP contribution in [0.1, 0.15) is 32.3 Å². The van der Waals surface area contributed by atoms with Crippen LogP contribution < -0.4 is 5.73 Å². The smallest absolute Gasteiger partial charge is 0.243 e. The zero-order chi connectivity index (χ0) is 13.8. The number of nitrogens with zero attached hydrogens (tertiary/aromatic N) is 1. The van der Waals surface area contributed by atoms with Crippen LogP contribution in [0.3, 0.4) is 0 Å². The molecular weight excluding hydrogens is 248 g/mol. The highest BCUT2D eigenvalue weighted by Crippen LogP contribution is 2.19. The van der Waals surface area contributed by atoms with Gasteiger partial charge < -0.3 is 5.73 Å². The van der Waals surface area contributed by atoms with Crippen molar-refractivity contribution in [1.82, 2.24) is 4.31 Å². The third kappa shape index (κ3) is 3.31. The van der Waals surface area contributed by atoms with Crippen LogP contribution in [0.5, 0.6) is 0 Å². The Hall–Kier alpha value is -0.910. The van der Waals surface area contributed by atoms with Crippen molar-refractivity contribution in [3.05, 3.63) is 29.8 Å². The molecule has 1 aromatic carbocycles. The third-order valence-electron chi connectivity index (χ3n) is 2.92. The van der Waals surface area contributed by atoms with Gasteiger partial charge in [0.15, 0.2) is 0 Å². The molecule has 0 bridgehead atoms. The van der Waals surface area contributed by atoms with Gasteiger partial charge in [0.2, 0.25) is 10.0 Å². The number of sulfonamides is 1. The lowest BCUT2D eigenvalue weighted by Crippen LogP contribution is -2.35. The molecule has 0 unspecified atom stereocenters. The van der Waals surface area contributed by atoms with Crippen LogP contribution in [0.2, 0.25) is 0 Å². The lowest BCUT2D eigenvalue weighted by molar-refractivity contribution is 0.435. The van der Waals surface area contributed by atoms with E-state index in [9.17, 15) is 8.42 Å². The van der Waals surface area contributed by atoms with Crippen LogP contribution in [-0.2, 0) is 10.0 Å². The summed E-state index contributed by atoms with van der Waals surface area (Å²) in [6.07, 6.45) is 0. The summed E-state index contributed by atoms with van der Waals surface area (Å²) in [5, 5.41) is 0. The third-order valence-corrected chi connectivity index (χ3v) is 4.90. The number of benzene rings is 1. The standard InChI is InChI=1S/C13H22N2O2S/c1-4-15(10-9-14)18(16,17)13-7-5-12(6-8-13)11(2)3/h5-8,11H,4,9-10,14H2,1-3H3. The molecule has 0 aliphatic heterocycles. The lowest BCUT2D eigenvalue weighted by Gasteiger charge is -2.19. The quantitative estimate of drug-likeness (QED) is 0.857. The van der Waals surface area contributed by atoms with Crippen molar-refractivity contribution >= 4 is 10.0 Å². The predicted molar refractivity (Wildman–Crippen MR) is 74.0 cm³/mol. The second-order valence-corrected chi connectivity index (χ2v) is 6.45. The molecule has 2 N–H and O–H groups in total. The van der Waals surface area contributed by atoms with E-state index < -0.39 is 10.0 Å². The first kappa shape index (κ1) is 15.1. The predicted octanol–water partition coefficient (Wildman–Crippen LogP) is 1.78. The maximum absolute atomic E-state index is 12.3. The largest absolute Gasteiger partial charge is 0.329 e. The number of likely N-dealkylation sites (N-methyl/N-ethyl adjacent to an activating group) is 1. The van der Waals surface area contributed by atoms with Crippen molar-refractivity contribution in [3.8, 4) is 0 Å². The van der Waals surface area contributed by atoms with Gasteiger partial charge in [-0.2, -0.15) is 4.31 Å². The number of rotatable bonds is 6. The number of hydrogen-bond donors (Lipinski definition) is 1. The number of hydrogen-bond acceptors (Lipinski definition) is 3. The monoisotopic (exact) mass is 270 g/mol. The van der Waals surface area contributed by atoms with E-state index in [1.807, 2.05) is 19.1 Å². The van der Waals surface area contributed by atoms with E-state index in [0.29, 0.717) is 30.4 Å². The summed E-state index contributed by atoms with van der Waals surface area (Å²) in [7, 11) is -3.40. The molecular formula is C13H22N2O2S. The molecule has 0 spiro atoms. The Kier molecular flexibility index (Phi) is 5.31. The van der Waals surface area contributed by atoms with E-state index in [-0.39, 0.29) is 0 Å². The van der Waals surface area contributed by atoms with E-state index in [2.05, 4.69) is 13.8 Å². The van der Waals surface area contributed by atoms with Gasteiger partial charge in [0.1, 0.15) is 0 Å². The summed E-state index contributed by atoms with van der Waals surface area (Å²) in [5.41, 5.74) is 6.57. The van der Waals surface area contributed by atoms with Crippen LogP contribution in [0.25, 0.3) is 0 Å². The summed E-state index contributed by atoms with van der Waals surface area (Å²) >= 11 is 0. The van der Waals surface area contributed by atoms with Crippen LogP contribution in [0.15, 0.2) is 29.2 Å². The van der Waals surface area contributed by atoms with Crippen LogP contribution >= 0.6 is 0 Å². The van der Waals surface area contributed by atoms with Gasteiger partial charge >= 0.3 is 0 Å². The molecule has 5 heteroatoms. The molecule has 102 valence electrons. The summed E-state index contributed by atoms with van der Waals surface area (Å²) in [4.78, 5) is 0.335. The van der Waals surface area contributed by atoms with E-state index in [1.54, 1.807) is 12.1 Å². The van der Waals surface area contributed by atoms with Crippen LogP contribution in [-0.4, -0.2) is 32.4 Å². The maximum Gasteiger partial charge on any atom is 0.243 e. The fourth-order valence-corrected chi connectivity index (χ4v) is 3.23. The minimum Gasteiger partial charge on any atom is -0.329 e. The molecule has 18 heavy (non-hydrogen) atoms. The van der Waals surface area contributed by atoms with Gasteiger partial charge in [0.25, 0.3) is 0 Å². The molecule has 0 aliphatic carbocycles. The topological polar surface area (TPSA) is 63.4 Å². The second kappa shape index (κ2) is 6.31. The average molecular weight is 270 g/mol. The van der Waals surface area contributed by atoms with Crippen molar-refractivity contribution in [1.29, 1.82) is 0 Å². The van der Waals surface area contributed by atoms with E-state index in [4.69, 9.17) is 5.73 Å². The van der Waals surface area contributed by atoms with Crippen molar-refractivity contribution < 1.29 is 8.42 Å². The summed E-state index contributed by atoms with van der Waals surface area (Å²) in [5.74, 6) is 0.396. The molecule has 0 atom stereocenters. The van der Waals surface area contributed by atoms with Crippen molar-refractivity contribution in [2.24, 2.45) is 5.73 Å². The van der Waals surface area contributed by atoms with Gasteiger partial charge in [-0.3, -0.25) is 0 Å². The van der Waals surface area contributed by atoms with E-state index in [0.717, 1.165) is 5.56 Å². The van der Waals surface area contributed by atoms with Gasteiger partial charge in [0, 0.05) is 19.6 Å². The van der Waals surface area contributed by atoms with E-state index >= 15 is 0 Å². The van der Waals surface area contributed by atoms with Crippen LogP contribution in [0.4, 0.5) is 0 Å². The average Bonchev–Trinajstić information content (AvgIpc) is 2.35. The van der Waals surface area contributed by atoms with Crippen molar-refractivity contribution in [2.45, 2.75) is 31.6 Å².